The van der Waals surface area contributed by atoms with Crippen molar-refractivity contribution in [1.29, 1.82) is 0 Å². The van der Waals surface area contributed by atoms with Crippen molar-refractivity contribution in [3.8, 4) is 0 Å². The molecule has 98 valence electrons. The molecule has 1 aromatic heterocycles. The average molecular weight is 263 g/mol. The van der Waals surface area contributed by atoms with E-state index in [-0.39, 0.29) is 0 Å². The minimum absolute atomic E-state index is 0.652. The number of rotatable bonds is 3. The van der Waals surface area contributed by atoms with E-state index in [1.807, 2.05) is 36.4 Å². The minimum Gasteiger partial charge on any atom is -0.399 e. The molecule has 20 heavy (non-hydrogen) atoms. The van der Waals surface area contributed by atoms with E-state index in [1.165, 1.54) is 0 Å². The predicted octanol–water partition coefficient (Wildman–Crippen LogP) is 3.37. The summed E-state index contributed by atoms with van der Waals surface area (Å²) >= 11 is 0. The van der Waals surface area contributed by atoms with Crippen LogP contribution in [0, 0.1) is 0 Å². The third-order valence-electron chi connectivity index (χ3n) is 3.09. The smallest absolute Gasteiger partial charge is 0.150 e. The molecule has 0 aliphatic heterocycles. The van der Waals surface area contributed by atoms with E-state index in [2.05, 4.69) is 10.3 Å². The van der Waals surface area contributed by atoms with Crippen molar-refractivity contribution < 1.29 is 4.79 Å². The fourth-order valence-corrected chi connectivity index (χ4v) is 2.07. The standard InChI is InChI=1S/C16H13N3O/c17-12-3-6-15-14(9-12)16(7-8-18-15)19-13-4-1-11(10-20)2-5-13/h1-10H,17H2,(H,18,19). The van der Waals surface area contributed by atoms with Crippen LogP contribution in [0.2, 0.25) is 0 Å². The first kappa shape index (κ1) is 12.2. The second-order valence-electron chi connectivity index (χ2n) is 4.50. The number of hydrogen-bond acceptors (Lipinski definition) is 4. The maximum Gasteiger partial charge on any atom is 0.150 e. The molecular weight excluding hydrogens is 250 g/mol. The van der Waals surface area contributed by atoms with Gasteiger partial charge < -0.3 is 11.1 Å². The van der Waals surface area contributed by atoms with Crippen molar-refractivity contribution in [2.75, 3.05) is 11.1 Å². The number of nitrogens with two attached hydrogens (primary N) is 1. The van der Waals surface area contributed by atoms with E-state index in [0.717, 1.165) is 28.6 Å². The molecule has 0 radical (unpaired) electrons. The molecule has 0 saturated carbocycles. The SMILES string of the molecule is Nc1ccc2nccc(Nc3ccc(C=O)cc3)c2c1. The zero-order chi connectivity index (χ0) is 13.9. The summed E-state index contributed by atoms with van der Waals surface area (Å²) in [5.41, 5.74) is 9.90. The zero-order valence-corrected chi connectivity index (χ0v) is 10.7. The molecule has 0 atom stereocenters. The number of carbonyl (C=O) groups is 1. The van der Waals surface area contributed by atoms with Crippen molar-refractivity contribution in [2.45, 2.75) is 0 Å². The highest BCUT2D eigenvalue weighted by Gasteiger charge is 2.03. The number of fused-ring (bicyclic) bond motifs is 1. The van der Waals surface area contributed by atoms with E-state index in [9.17, 15) is 4.79 Å². The van der Waals surface area contributed by atoms with Crippen LogP contribution in [0.3, 0.4) is 0 Å². The molecule has 0 amide bonds. The number of nitrogen functional groups attached to an aromatic ring is 1. The Kier molecular flexibility index (Phi) is 3.05. The Morgan fingerprint density at radius 2 is 1.85 bits per heavy atom. The summed E-state index contributed by atoms with van der Waals surface area (Å²) < 4.78 is 0. The number of aromatic nitrogens is 1. The molecule has 2 aromatic carbocycles. The number of aldehydes is 1. The Balaban J connectivity index is 2.01. The third-order valence-corrected chi connectivity index (χ3v) is 3.09. The van der Waals surface area contributed by atoms with Crippen LogP contribution in [0.15, 0.2) is 54.7 Å². The second kappa shape index (κ2) is 5.01. The summed E-state index contributed by atoms with van der Waals surface area (Å²) in [7, 11) is 0. The number of benzene rings is 2. The lowest BCUT2D eigenvalue weighted by Crippen LogP contribution is -1.94. The summed E-state index contributed by atoms with van der Waals surface area (Å²) in [6.07, 6.45) is 2.58. The summed E-state index contributed by atoms with van der Waals surface area (Å²) in [4.78, 5) is 15.0. The zero-order valence-electron chi connectivity index (χ0n) is 10.7. The summed E-state index contributed by atoms with van der Waals surface area (Å²) in [5.74, 6) is 0. The molecule has 3 rings (SSSR count). The van der Waals surface area contributed by atoms with Crippen LogP contribution in [0.1, 0.15) is 10.4 Å². The Bertz CT molecular complexity index is 766. The van der Waals surface area contributed by atoms with Crippen LogP contribution in [0.5, 0.6) is 0 Å². The predicted molar refractivity (Wildman–Crippen MR) is 81.3 cm³/mol. The minimum atomic E-state index is 0.652. The Morgan fingerprint density at radius 1 is 1.05 bits per heavy atom. The van der Waals surface area contributed by atoms with E-state index in [1.54, 1.807) is 18.3 Å². The van der Waals surface area contributed by atoms with Gasteiger partial charge in [-0.25, -0.2) is 0 Å². The molecule has 1 heterocycles. The molecule has 3 N–H and O–H groups in total. The van der Waals surface area contributed by atoms with Gasteiger partial charge in [0.25, 0.3) is 0 Å². The Labute approximate surface area is 116 Å². The first-order chi connectivity index (χ1) is 9.76. The normalized spacial score (nSPS) is 10.4. The first-order valence-corrected chi connectivity index (χ1v) is 6.23. The molecular formula is C16H13N3O. The number of carbonyl (C=O) groups excluding carboxylic acids is 1. The van der Waals surface area contributed by atoms with Crippen molar-refractivity contribution in [3.05, 3.63) is 60.3 Å². The number of hydrogen-bond donors (Lipinski definition) is 2. The van der Waals surface area contributed by atoms with Crippen molar-refractivity contribution in [1.82, 2.24) is 4.98 Å². The molecule has 3 aromatic rings. The van der Waals surface area contributed by atoms with Gasteiger partial charge in [-0.15, -0.1) is 0 Å². The maximum atomic E-state index is 10.6. The largest absolute Gasteiger partial charge is 0.399 e. The lowest BCUT2D eigenvalue weighted by atomic mass is 10.1. The molecule has 0 spiro atoms. The van der Waals surface area contributed by atoms with E-state index >= 15 is 0 Å². The van der Waals surface area contributed by atoms with Crippen LogP contribution in [0.4, 0.5) is 17.1 Å². The van der Waals surface area contributed by atoms with Gasteiger partial charge in [-0.2, -0.15) is 0 Å². The van der Waals surface area contributed by atoms with Gasteiger partial charge in [-0.1, -0.05) is 0 Å². The highest BCUT2D eigenvalue weighted by molar-refractivity contribution is 5.94. The molecule has 0 aliphatic carbocycles. The molecule has 4 heteroatoms. The monoisotopic (exact) mass is 263 g/mol. The van der Waals surface area contributed by atoms with E-state index in [0.29, 0.717) is 11.3 Å². The summed E-state index contributed by atoms with van der Waals surface area (Å²) in [6, 6.07) is 14.8. The summed E-state index contributed by atoms with van der Waals surface area (Å²) in [6.45, 7) is 0. The third kappa shape index (κ3) is 2.31. The van der Waals surface area contributed by atoms with Gasteiger partial charge in [0.1, 0.15) is 6.29 Å². The van der Waals surface area contributed by atoms with E-state index < -0.39 is 0 Å². The molecule has 4 nitrogen and oxygen atoms in total. The van der Waals surface area contributed by atoms with Crippen LogP contribution in [-0.2, 0) is 0 Å². The van der Waals surface area contributed by atoms with Crippen molar-refractivity contribution in [3.63, 3.8) is 0 Å². The maximum absolute atomic E-state index is 10.6. The molecule has 0 aliphatic rings. The number of anilines is 3. The quantitative estimate of drug-likeness (QED) is 0.561. The molecule has 0 fully saturated rings. The number of nitrogens with one attached hydrogen (secondary N) is 1. The molecule has 0 unspecified atom stereocenters. The lowest BCUT2D eigenvalue weighted by Gasteiger charge is -2.10. The average Bonchev–Trinajstić information content (AvgIpc) is 2.49. The first-order valence-electron chi connectivity index (χ1n) is 6.23. The van der Waals surface area contributed by atoms with E-state index in [4.69, 9.17) is 5.73 Å². The number of nitrogens with zero attached hydrogens (tertiary/aromatic N) is 1. The topological polar surface area (TPSA) is 68.0 Å². The second-order valence-corrected chi connectivity index (χ2v) is 4.50. The van der Waals surface area contributed by atoms with Gasteiger partial charge in [0.15, 0.2) is 0 Å². The Morgan fingerprint density at radius 3 is 2.60 bits per heavy atom. The van der Waals surface area contributed by atoms with Crippen LogP contribution in [-0.4, -0.2) is 11.3 Å². The van der Waals surface area contributed by atoms with Gasteiger partial charge >= 0.3 is 0 Å². The van der Waals surface area contributed by atoms with Gasteiger partial charge in [0.2, 0.25) is 0 Å². The van der Waals surface area contributed by atoms with Crippen molar-refractivity contribution in [2.24, 2.45) is 0 Å². The highest BCUT2D eigenvalue weighted by atomic mass is 16.1. The van der Waals surface area contributed by atoms with Crippen LogP contribution < -0.4 is 11.1 Å². The lowest BCUT2D eigenvalue weighted by molar-refractivity contribution is 0.112. The Hall–Kier alpha value is -2.88. The van der Waals surface area contributed by atoms with Crippen molar-refractivity contribution >= 4 is 34.3 Å². The number of pyridine rings is 1. The van der Waals surface area contributed by atoms with Gasteiger partial charge in [0, 0.05) is 34.2 Å². The van der Waals surface area contributed by atoms with Crippen LogP contribution >= 0.6 is 0 Å². The van der Waals surface area contributed by atoms with Gasteiger partial charge in [0.05, 0.1) is 5.52 Å². The highest BCUT2D eigenvalue weighted by Crippen LogP contribution is 2.26. The fourth-order valence-electron chi connectivity index (χ4n) is 2.07. The molecule has 0 bridgehead atoms. The van der Waals surface area contributed by atoms with Crippen LogP contribution in [0.25, 0.3) is 10.9 Å². The van der Waals surface area contributed by atoms with Gasteiger partial charge in [-0.05, 0) is 48.5 Å². The fraction of sp³-hybridized carbons (Fsp3) is 0. The summed E-state index contributed by atoms with van der Waals surface area (Å²) in [5, 5.41) is 4.28. The molecule has 0 saturated heterocycles. The van der Waals surface area contributed by atoms with Gasteiger partial charge in [-0.3, -0.25) is 9.78 Å².